The van der Waals surface area contributed by atoms with E-state index in [2.05, 4.69) is 5.32 Å². The number of hydrogen-bond donors (Lipinski definition) is 1. The van der Waals surface area contributed by atoms with Crippen LogP contribution in [-0.2, 0) is 6.18 Å². The summed E-state index contributed by atoms with van der Waals surface area (Å²) in [5, 5.41) is 13.7. The third kappa shape index (κ3) is 4.72. The van der Waals surface area contributed by atoms with Gasteiger partial charge in [-0.05, 0) is 42.5 Å². The third-order valence-corrected chi connectivity index (χ3v) is 3.92. The fourth-order valence-corrected chi connectivity index (χ4v) is 2.55. The van der Waals surface area contributed by atoms with Gasteiger partial charge in [-0.1, -0.05) is 18.2 Å². The average molecular weight is 420 g/mol. The second-order valence-corrected chi connectivity index (χ2v) is 6.00. The smallest absolute Gasteiger partial charge is 0.416 e. The summed E-state index contributed by atoms with van der Waals surface area (Å²) in [6.07, 6.45) is -4.77. The Balaban J connectivity index is 1.93. The number of nitrogens with one attached hydrogen (secondary N) is 1. The molecule has 3 aromatic rings. The van der Waals surface area contributed by atoms with Crippen molar-refractivity contribution in [2.45, 2.75) is 6.18 Å². The molecule has 0 atom stereocenters. The molecule has 3 aromatic carbocycles. The zero-order valence-corrected chi connectivity index (χ0v) is 14.9. The summed E-state index contributed by atoms with van der Waals surface area (Å²) in [7, 11) is 0. The number of para-hydroxylation sites is 1. The van der Waals surface area contributed by atoms with E-state index in [1.165, 1.54) is 42.5 Å². The van der Waals surface area contributed by atoms with E-state index in [0.717, 1.165) is 12.1 Å². The Morgan fingerprint density at radius 3 is 2.37 bits per heavy atom. The molecule has 0 aliphatic heterocycles. The van der Waals surface area contributed by atoms with Crippen LogP contribution >= 0.6 is 0 Å². The largest absolute Gasteiger partial charge is 0.449 e. The molecule has 0 heterocycles. The molecule has 154 valence electrons. The highest BCUT2D eigenvalue weighted by Gasteiger charge is 2.33. The highest BCUT2D eigenvalue weighted by atomic mass is 19.4. The summed E-state index contributed by atoms with van der Waals surface area (Å²) in [5.41, 5.74) is -2.02. The predicted octanol–water partition coefficient (Wildman–Crippen LogP) is 5.80. The summed E-state index contributed by atoms with van der Waals surface area (Å²) < 4.78 is 57.3. The number of alkyl halides is 3. The lowest BCUT2D eigenvalue weighted by Crippen LogP contribution is -2.13. The first-order valence-corrected chi connectivity index (χ1v) is 8.34. The number of nitro benzene ring substituents is 1. The molecule has 0 saturated carbocycles. The first kappa shape index (κ1) is 20.8. The minimum Gasteiger partial charge on any atom is -0.449 e. The van der Waals surface area contributed by atoms with Gasteiger partial charge in [0.05, 0.1) is 16.1 Å². The first-order valence-electron chi connectivity index (χ1n) is 8.34. The van der Waals surface area contributed by atoms with E-state index in [1.807, 2.05) is 0 Å². The lowest BCUT2D eigenvalue weighted by Gasteiger charge is -2.13. The standard InChI is InChI=1S/C20H12F4N2O4/c21-13-4-3-5-14(11-13)25-19(27)15-6-1-2-7-17(15)30-18-9-8-12(20(22,23)24)10-16(18)26(28)29/h1-11H,(H,25,27). The number of amides is 1. The Labute approximate surface area is 166 Å². The molecule has 0 bridgehead atoms. The van der Waals surface area contributed by atoms with Crippen molar-refractivity contribution in [1.82, 2.24) is 0 Å². The van der Waals surface area contributed by atoms with Crippen LogP contribution in [0.3, 0.4) is 0 Å². The van der Waals surface area contributed by atoms with Crippen LogP contribution < -0.4 is 10.1 Å². The highest BCUT2D eigenvalue weighted by Crippen LogP contribution is 2.38. The number of carbonyl (C=O) groups excluding carboxylic acids is 1. The first-order chi connectivity index (χ1) is 14.1. The maximum absolute atomic E-state index is 13.3. The number of halogens is 4. The minimum absolute atomic E-state index is 0.0593. The van der Waals surface area contributed by atoms with E-state index in [9.17, 15) is 32.5 Å². The van der Waals surface area contributed by atoms with E-state index in [4.69, 9.17) is 4.74 Å². The zero-order valence-electron chi connectivity index (χ0n) is 14.9. The van der Waals surface area contributed by atoms with Crippen molar-refractivity contribution < 1.29 is 32.0 Å². The number of ether oxygens (including phenoxy) is 1. The Hall–Kier alpha value is -3.95. The number of rotatable bonds is 5. The normalized spacial score (nSPS) is 11.1. The minimum atomic E-state index is -4.77. The van der Waals surface area contributed by atoms with Gasteiger partial charge in [0.2, 0.25) is 5.75 Å². The van der Waals surface area contributed by atoms with Gasteiger partial charge in [-0.15, -0.1) is 0 Å². The van der Waals surface area contributed by atoms with E-state index in [1.54, 1.807) is 0 Å². The Kier molecular flexibility index (Phi) is 5.67. The van der Waals surface area contributed by atoms with Crippen LogP contribution in [0.5, 0.6) is 11.5 Å². The number of nitrogens with zero attached hydrogens (tertiary/aromatic N) is 1. The van der Waals surface area contributed by atoms with Crippen molar-refractivity contribution in [3.63, 3.8) is 0 Å². The highest BCUT2D eigenvalue weighted by molar-refractivity contribution is 6.06. The summed E-state index contributed by atoms with van der Waals surface area (Å²) >= 11 is 0. The van der Waals surface area contributed by atoms with E-state index in [-0.39, 0.29) is 17.0 Å². The fourth-order valence-electron chi connectivity index (χ4n) is 2.55. The summed E-state index contributed by atoms with van der Waals surface area (Å²) in [4.78, 5) is 22.8. The van der Waals surface area contributed by atoms with Gasteiger partial charge < -0.3 is 10.1 Å². The molecule has 0 fully saturated rings. The molecular weight excluding hydrogens is 408 g/mol. The van der Waals surface area contributed by atoms with Crippen molar-refractivity contribution in [2.75, 3.05) is 5.32 Å². The van der Waals surface area contributed by atoms with Crippen LogP contribution in [-0.4, -0.2) is 10.8 Å². The molecule has 30 heavy (non-hydrogen) atoms. The molecule has 0 unspecified atom stereocenters. The molecule has 0 aliphatic carbocycles. The third-order valence-electron chi connectivity index (χ3n) is 3.92. The molecule has 0 radical (unpaired) electrons. The van der Waals surface area contributed by atoms with E-state index in [0.29, 0.717) is 12.1 Å². The molecule has 0 saturated heterocycles. The number of carbonyl (C=O) groups is 1. The Bertz CT molecular complexity index is 1120. The summed E-state index contributed by atoms with van der Waals surface area (Å²) in [6, 6.07) is 12.5. The molecule has 1 N–H and O–H groups in total. The topological polar surface area (TPSA) is 81.5 Å². The van der Waals surface area contributed by atoms with Crippen molar-refractivity contribution in [3.05, 3.63) is 93.8 Å². The van der Waals surface area contributed by atoms with Crippen LogP contribution in [0, 0.1) is 15.9 Å². The molecule has 1 amide bonds. The van der Waals surface area contributed by atoms with Crippen molar-refractivity contribution in [1.29, 1.82) is 0 Å². The average Bonchev–Trinajstić information content (AvgIpc) is 2.67. The zero-order chi connectivity index (χ0) is 21.9. The van der Waals surface area contributed by atoms with Crippen LogP contribution in [0.1, 0.15) is 15.9 Å². The lowest BCUT2D eigenvalue weighted by molar-refractivity contribution is -0.385. The SMILES string of the molecule is O=C(Nc1cccc(F)c1)c1ccccc1Oc1ccc(C(F)(F)F)cc1[N+](=O)[O-]. The van der Waals surface area contributed by atoms with E-state index >= 15 is 0 Å². The van der Waals surface area contributed by atoms with Gasteiger partial charge >= 0.3 is 11.9 Å². The van der Waals surface area contributed by atoms with Crippen molar-refractivity contribution in [3.8, 4) is 11.5 Å². The number of benzene rings is 3. The quantitative estimate of drug-likeness (QED) is 0.321. The van der Waals surface area contributed by atoms with Gasteiger partial charge in [0, 0.05) is 11.8 Å². The number of anilines is 1. The molecule has 0 spiro atoms. The van der Waals surface area contributed by atoms with Gasteiger partial charge in [-0.25, -0.2) is 4.39 Å². The van der Waals surface area contributed by atoms with Gasteiger partial charge in [-0.2, -0.15) is 13.2 Å². The van der Waals surface area contributed by atoms with Gasteiger partial charge in [0.1, 0.15) is 11.6 Å². The molecule has 0 aromatic heterocycles. The van der Waals surface area contributed by atoms with Gasteiger partial charge in [0.25, 0.3) is 5.91 Å². The van der Waals surface area contributed by atoms with Crippen LogP contribution in [0.4, 0.5) is 28.9 Å². The summed E-state index contributed by atoms with van der Waals surface area (Å²) in [5.74, 6) is -1.88. The Morgan fingerprint density at radius 2 is 1.70 bits per heavy atom. The molecular formula is C20H12F4N2O4. The number of nitro groups is 1. The second-order valence-electron chi connectivity index (χ2n) is 6.00. The monoisotopic (exact) mass is 420 g/mol. The fraction of sp³-hybridized carbons (Fsp3) is 0.0500. The number of hydrogen-bond acceptors (Lipinski definition) is 4. The van der Waals surface area contributed by atoms with Crippen LogP contribution in [0.25, 0.3) is 0 Å². The maximum atomic E-state index is 13.3. The predicted molar refractivity (Wildman–Crippen MR) is 99.0 cm³/mol. The second kappa shape index (κ2) is 8.19. The van der Waals surface area contributed by atoms with Crippen LogP contribution in [0.2, 0.25) is 0 Å². The maximum Gasteiger partial charge on any atom is 0.416 e. The molecule has 0 aliphatic rings. The van der Waals surface area contributed by atoms with Crippen molar-refractivity contribution in [2.24, 2.45) is 0 Å². The summed E-state index contributed by atoms with van der Waals surface area (Å²) in [6.45, 7) is 0. The van der Waals surface area contributed by atoms with Gasteiger partial charge in [0.15, 0.2) is 0 Å². The Morgan fingerprint density at radius 1 is 0.967 bits per heavy atom. The lowest BCUT2D eigenvalue weighted by atomic mass is 10.1. The molecule has 6 nitrogen and oxygen atoms in total. The van der Waals surface area contributed by atoms with E-state index < -0.39 is 39.8 Å². The molecule has 10 heteroatoms. The van der Waals surface area contributed by atoms with Gasteiger partial charge in [-0.3, -0.25) is 14.9 Å². The van der Waals surface area contributed by atoms with Crippen molar-refractivity contribution >= 4 is 17.3 Å². The van der Waals surface area contributed by atoms with Crippen LogP contribution in [0.15, 0.2) is 66.7 Å². The molecule has 3 rings (SSSR count).